The van der Waals surface area contributed by atoms with Crippen molar-refractivity contribution in [3.8, 4) is 0 Å². The first-order valence-electron chi connectivity index (χ1n) is 13.4. The van der Waals surface area contributed by atoms with Crippen LogP contribution in [0.1, 0.15) is 61.5 Å². The van der Waals surface area contributed by atoms with Gasteiger partial charge in [-0.3, -0.25) is 14.5 Å². The van der Waals surface area contributed by atoms with Gasteiger partial charge in [-0.2, -0.15) is 4.98 Å². The molecule has 1 saturated carbocycles. The summed E-state index contributed by atoms with van der Waals surface area (Å²) in [6.07, 6.45) is 11.2. The molecule has 3 aliphatic rings. The monoisotopic (exact) mass is 502 g/mol. The molecule has 10 nitrogen and oxygen atoms in total. The smallest absolute Gasteiger partial charge is 0.270 e. The standard InChI is InChI=1S/C27H34N8O2/c1-32(2)25(36)22-15-18-16-29-27(31-24(18)35(22)19-7-4-3-5-8-19)30-23-11-10-20(17-28-23)34-14-13-33-12-6-9-21(33)26(34)37/h10-11,15-17,19,21H,3-9,12-14H2,1-2H3,(H,28,29,30,31)/t21-/m0/s1. The Morgan fingerprint density at radius 1 is 1.00 bits per heavy atom. The van der Waals surface area contributed by atoms with Crippen molar-refractivity contribution in [1.29, 1.82) is 0 Å². The van der Waals surface area contributed by atoms with Gasteiger partial charge in [0.1, 0.15) is 17.2 Å². The Morgan fingerprint density at radius 3 is 2.59 bits per heavy atom. The van der Waals surface area contributed by atoms with Crippen molar-refractivity contribution in [3.05, 3.63) is 36.3 Å². The van der Waals surface area contributed by atoms with Crippen LogP contribution in [-0.4, -0.2) is 80.9 Å². The highest BCUT2D eigenvalue weighted by molar-refractivity contribution is 5.98. The topological polar surface area (TPSA) is 99.5 Å². The number of anilines is 3. The van der Waals surface area contributed by atoms with E-state index in [-0.39, 0.29) is 23.9 Å². The number of piperazine rings is 1. The van der Waals surface area contributed by atoms with E-state index in [4.69, 9.17) is 4.98 Å². The van der Waals surface area contributed by atoms with Gasteiger partial charge in [-0.1, -0.05) is 19.3 Å². The zero-order valence-corrected chi connectivity index (χ0v) is 21.6. The van der Waals surface area contributed by atoms with Gasteiger partial charge >= 0.3 is 0 Å². The SMILES string of the molecule is CN(C)C(=O)c1cc2cnc(Nc3ccc(N4CCN5CCC[C@H]5C4=O)cn3)nc2n1C1CCCCC1. The molecule has 37 heavy (non-hydrogen) atoms. The molecule has 6 rings (SSSR count). The summed E-state index contributed by atoms with van der Waals surface area (Å²) >= 11 is 0. The first-order chi connectivity index (χ1) is 18.0. The van der Waals surface area contributed by atoms with Crippen LogP contribution in [0.25, 0.3) is 11.0 Å². The molecule has 194 valence electrons. The number of carbonyl (C=O) groups excluding carboxylic acids is 2. The fourth-order valence-electron chi connectivity index (χ4n) is 6.05. The van der Waals surface area contributed by atoms with Crippen molar-refractivity contribution in [1.82, 2.24) is 29.3 Å². The van der Waals surface area contributed by atoms with Gasteiger partial charge in [-0.25, -0.2) is 9.97 Å². The molecule has 2 saturated heterocycles. The maximum atomic E-state index is 13.0. The van der Waals surface area contributed by atoms with Gasteiger partial charge in [0.25, 0.3) is 5.91 Å². The molecule has 1 aliphatic carbocycles. The lowest BCUT2D eigenvalue weighted by Gasteiger charge is -2.36. The summed E-state index contributed by atoms with van der Waals surface area (Å²) in [6, 6.07) is 5.96. The summed E-state index contributed by atoms with van der Waals surface area (Å²) in [5, 5.41) is 4.07. The number of amides is 2. The van der Waals surface area contributed by atoms with Crippen molar-refractivity contribution < 1.29 is 9.59 Å². The number of aromatic nitrogens is 4. The Hall–Kier alpha value is -3.53. The summed E-state index contributed by atoms with van der Waals surface area (Å²) in [5.74, 6) is 1.19. The van der Waals surface area contributed by atoms with Crippen LogP contribution in [0.4, 0.5) is 17.5 Å². The summed E-state index contributed by atoms with van der Waals surface area (Å²) in [6.45, 7) is 2.61. The highest BCUT2D eigenvalue weighted by Crippen LogP contribution is 2.34. The molecule has 0 unspecified atom stereocenters. The van der Waals surface area contributed by atoms with Crippen LogP contribution in [0.3, 0.4) is 0 Å². The Bertz CT molecular complexity index is 1310. The highest BCUT2D eigenvalue weighted by Gasteiger charge is 2.38. The number of hydrogen-bond donors (Lipinski definition) is 1. The van der Waals surface area contributed by atoms with E-state index >= 15 is 0 Å². The van der Waals surface area contributed by atoms with Gasteiger partial charge in [-0.15, -0.1) is 0 Å². The van der Waals surface area contributed by atoms with Crippen molar-refractivity contribution in [2.24, 2.45) is 0 Å². The quantitative estimate of drug-likeness (QED) is 0.569. The van der Waals surface area contributed by atoms with Gasteiger partial charge in [-0.05, 0) is 50.4 Å². The Labute approximate surface area is 216 Å². The van der Waals surface area contributed by atoms with Crippen molar-refractivity contribution in [2.45, 2.75) is 57.0 Å². The van der Waals surface area contributed by atoms with Crippen LogP contribution in [-0.2, 0) is 4.79 Å². The van der Waals surface area contributed by atoms with E-state index in [1.165, 1.54) is 6.42 Å². The minimum Gasteiger partial charge on any atom is -0.343 e. The summed E-state index contributed by atoms with van der Waals surface area (Å²) < 4.78 is 2.12. The molecule has 3 fully saturated rings. The van der Waals surface area contributed by atoms with Crippen LogP contribution in [0, 0.1) is 0 Å². The predicted octanol–water partition coefficient (Wildman–Crippen LogP) is 3.59. The highest BCUT2D eigenvalue weighted by atomic mass is 16.2. The molecule has 0 radical (unpaired) electrons. The van der Waals surface area contributed by atoms with Crippen LogP contribution in [0.2, 0.25) is 0 Å². The molecule has 0 spiro atoms. The van der Waals surface area contributed by atoms with E-state index in [0.717, 1.165) is 68.3 Å². The maximum Gasteiger partial charge on any atom is 0.270 e. The summed E-state index contributed by atoms with van der Waals surface area (Å²) in [5.41, 5.74) is 2.25. The van der Waals surface area contributed by atoms with E-state index in [1.807, 2.05) is 23.1 Å². The van der Waals surface area contributed by atoms with E-state index < -0.39 is 0 Å². The maximum absolute atomic E-state index is 13.0. The number of pyridine rings is 1. The van der Waals surface area contributed by atoms with Crippen molar-refractivity contribution >= 4 is 40.3 Å². The Kier molecular flexibility index (Phi) is 6.27. The molecule has 3 aromatic rings. The molecule has 0 bridgehead atoms. The normalized spacial score (nSPS) is 20.9. The molecule has 2 aliphatic heterocycles. The van der Waals surface area contributed by atoms with E-state index in [0.29, 0.717) is 24.0 Å². The molecule has 1 atom stereocenters. The molecule has 5 heterocycles. The zero-order valence-electron chi connectivity index (χ0n) is 21.6. The van der Waals surface area contributed by atoms with Gasteiger partial charge in [0.05, 0.1) is 17.9 Å². The van der Waals surface area contributed by atoms with Gasteiger partial charge in [0, 0.05) is 44.8 Å². The number of fused-ring (bicyclic) bond motifs is 2. The third-order valence-electron chi connectivity index (χ3n) is 7.97. The minimum absolute atomic E-state index is 0.0105. The second kappa shape index (κ2) is 9.74. The molecular formula is C27H34N8O2. The van der Waals surface area contributed by atoms with E-state index in [9.17, 15) is 9.59 Å². The average Bonchev–Trinajstić information content (AvgIpc) is 3.55. The average molecular weight is 503 g/mol. The molecule has 1 N–H and O–H groups in total. The second-order valence-electron chi connectivity index (χ2n) is 10.6. The lowest BCUT2D eigenvalue weighted by molar-refractivity contribution is -0.124. The van der Waals surface area contributed by atoms with Gasteiger partial charge in [0.15, 0.2) is 0 Å². The number of carbonyl (C=O) groups is 2. The summed E-state index contributed by atoms with van der Waals surface area (Å²) in [7, 11) is 3.56. The third-order valence-corrected chi connectivity index (χ3v) is 7.97. The predicted molar refractivity (Wildman–Crippen MR) is 142 cm³/mol. The Morgan fingerprint density at radius 2 is 1.84 bits per heavy atom. The summed E-state index contributed by atoms with van der Waals surface area (Å²) in [4.78, 5) is 45.6. The molecule has 2 amide bonds. The number of nitrogens with one attached hydrogen (secondary N) is 1. The molecule has 0 aromatic carbocycles. The number of hydrogen-bond acceptors (Lipinski definition) is 7. The van der Waals surface area contributed by atoms with Crippen LogP contribution in [0.15, 0.2) is 30.6 Å². The fraction of sp³-hybridized carbons (Fsp3) is 0.519. The van der Waals surface area contributed by atoms with Crippen molar-refractivity contribution in [2.75, 3.05) is 43.9 Å². The first kappa shape index (κ1) is 23.8. The Balaban J connectivity index is 1.25. The fourth-order valence-corrected chi connectivity index (χ4v) is 6.05. The van der Waals surface area contributed by atoms with Crippen LogP contribution >= 0.6 is 0 Å². The lowest BCUT2D eigenvalue weighted by Crippen LogP contribution is -2.54. The first-order valence-corrected chi connectivity index (χ1v) is 13.4. The van der Waals surface area contributed by atoms with E-state index in [2.05, 4.69) is 24.8 Å². The zero-order chi connectivity index (χ0) is 25.5. The molecule has 10 heteroatoms. The van der Waals surface area contributed by atoms with Crippen molar-refractivity contribution in [3.63, 3.8) is 0 Å². The lowest BCUT2D eigenvalue weighted by atomic mass is 9.95. The minimum atomic E-state index is -0.0247. The van der Waals surface area contributed by atoms with Crippen LogP contribution in [0.5, 0.6) is 0 Å². The third kappa shape index (κ3) is 4.43. The van der Waals surface area contributed by atoms with E-state index in [1.54, 1.807) is 31.4 Å². The number of rotatable bonds is 5. The second-order valence-corrected chi connectivity index (χ2v) is 10.6. The largest absolute Gasteiger partial charge is 0.343 e. The molecule has 3 aromatic heterocycles. The van der Waals surface area contributed by atoms with Crippen LogP contribution < -0.4 is 10.2 Å². The van der Waals surface area contributed by atoms with Gasteiger partial charge in [0.2, 0.25) is 11.9 Å². The molecular weight excluding hydrogens is 468 g/mol. The van der Waals surface area contributed by atoms with Gasteiger partial charge < -0.3 is 19.7 Å². The number of nitrogens with zero attached hydrogens (tertiary/aromatic N) is 7.